The number of rotatable bonds is 7. The van der Waals surface area contributed by atoms with Gasteiger partial charge in [-0.1, -0.05) is 0 Å². The van der Waals surface area contributed by atoms with Crippen molar-refractivity contribution in [3.8, 4) is 0 Å². The van der Waals surface area contributed by atoms with Crippen LogP contribution in [0.4, 0.5) is 0 Å². The lowest BCUT2D eigenvalue weighted by atomic mass is 10.1. The summed E-state index contributed by atoms with van der Waals surface area (Å²) in [7, 11) is 3.77. The molecule has 0 fully saturated rings. The average Bonchev–Trinajstić information content (AvgIpc) is 2.65. The van der Waals surface area contributed by atoms with Gasteiger partial charge in [0.25, 0.3) is 0 Å². The predicted octanol–water partition coefficient (Wildman–Crippen LogP) is 0.0438. The Morgan fingerprint density at radius 3 is 2.35 bits per heavy atom. The number of nitrogens with zero attached hydrogens (tertiary/aromatic N) is 3. The SMILES string of the molecule is Cc1n[nH]c(C)c1CC(=O)N(CCN(C)C)CC(=O)O. The van der Waals surface area contributed by atoms with E-state index in [0.29, 0.717) is 13.1 Å². The van der Waals surface area contributed by atoms with Gasteiger partial charge >= 0.3 is 5.97 Å². The number of aliphatic carboxylic acids is 1. The Morgan fingerprint density at radius 1 is 1.25 bits per heavy atom. The summed E-state index contributed by atoms with van der Waals surface area (Å²) in [6.07, 6.45) is 0.175. The lowest BCUT2D eigenvalue weighted by Gasteiger charge is -2.22. The van der Waals surface area contributed by atoms with Gasteiger partial charge in [-0.3, -0.25) is 14.7 Å². The summed E-state index contributed by atoms with van der Waals surface area (Å²) in [6, 6.07) is 0. The van der Waals surface area contributed by atoms with Crippen LogP contribution in [0.2, 0.25) is 0 Å². The largest absolute Gasteiger partial charge is 0.480 e. The van der Waals surface area contributed by atoms with Crippen LogP contribution in [-0.2, 0) is 16.0 Å². The number of likely N-dealkylation sites (N-methyl/N-ethyl adjacent to an activating group) is 1. The highest BCUT2D eigenvalue weighted by molar-refractivity contribution is 5.83. The van der Waals surface area contributed by atoms with E-state index in [4.69, 9.17) is 5.11 Å². The van der Waals surface area contributed by atoms with Crippen LogP contribution >= 0.6 is 0 Å². The van der Waals surface area contributed by atoms with Crippen molar-refractivity contribution in [1.29, 1.82) is 0 Å². The second kappa shape index (κ2) is 7.04. The Hall–Kier alpha value is -1.89. The van der Waals surface area contributed by atoms with Gasteiger partial charge < -0.3 is 14.9 Å². The number of hydrogen-bond acceptors (Lipinski definition) is 4. The van der Waals surface area contributed by atoms with Crippen LogP contribution in [0.1, 0.15) is 17.0 Å². The molecule has 1 aromatic heterocycles. The number of carbonyl (C=O) groups excluding carboxylic acids is 1. The van der Waals surface area contributed by atoms with Crippen molar-refractivity contribution in [3.63, 3.8) is 0 Å². The number of carbonyl (C=O) groups is 2. The molecule has 0 atom stereocenters. The van der Waals surface area contributed by atoms with Crippen molar-refractivity contribution in [2.75, 3.05) is 33.7 Å². The molecular formula is C13H22N4O3. The van der Waals surface area contributed by atoms with Crippen LogP contribution in [-0.4, -0.2) is 70.7 Å². The summed E-state index contributed by atoms with van der Waals surface area (Å²) < 4.78 is 0. The minimum Gasteiger partial charge on any atom is -0.480 e. The van der Waals surface area contributed by atoms with E-state index >= 15 is 0 Å². The molecule has 112 valence electrons. The molecule has 1 rings (SSSR count). The first-order valence-corrected chi connectivity index (χ1v) is 6.46. The summed E-state index contributed by atoms with van der Waals surface area (Å²) in [5.41, 5.74) is 2.47. The van der Waals surface area contributed by atoms with Crippen LogP contribution in [0, 0.1) is 13.8 Å². The number of carboxylic acids is 1. The summed E-state index contributed by atoms with van der Waals surface area (Å²) >= 11 is 0. The lowest BCUT2D eigenvalue weighted by molar-refractivity contribution is -0.144. The predicted molar refractivity (Wildman–Crippen MR) is 74.5 cm³/mol. The van der Waals surface area contributed by atoms with Crippen LogP contribution in [0.3, 0.4) is 0 Å². The maximum absolute atomic E-state index is 12.3. The van der Waals surface area contributed by atoms with E-state index in [0.717, 1.165) is 17.0 Å². The number of amides is 1. The summed E-state index contributed by atoms with van der Waals surface area (Å²) in [5.74, 6) is -1.19. The van der Waals surface area contributed by atoms with Crippen LogP contribution < -0.4 is 0 Å². The van der Waals surface area contributed by atoms with E-state index in [9.17, 15) is 9.59 Å². The Balaban J connectivity index is 2.74. The first-order chi connectivity index (χ1) is 9.31. The maximum atomic E-state index is 12.3. The number of hydrogen-bond donors (Lipinski definition) is 2. The molecule has 0 unspecified atom stereocenters. The topological polar surface area (TPSA) is 89.5 Å². The van der Waals surface area contributed by atoms with Crippen molar-refractivity contribution in [1.82, 2.24) is 20.0 Å². The van der Waals surface area contributed by atoms with Crippen molar-refractivity contribution in [2.24, 2.45) is 0 Å². The van der Waals surface area contributed by atoms with Crippen molar-refractivity contribution in [3.05, 3.63) is 17.0 Å². The minimum absolute atomic E-state index is 0.175. The van der Waals surface area contributed by atoms with E-state index in [2.05, 4.69) is 10.2 Å². The molecule has 1 aromatic rings. The van der Waals surface area contributed by atoms with Gasteiger partial charge in [-0.2, -0.15) is 5.10 Å². The fourth-order valence-corrected chi connectivity index (χ4v) is 1.87. The highest BCUT2D eigenvalue weighted by atomic mass is 16.4. The average molecular weight is 282 g/mol. The van der Waals surface area contributed by atoms with Gasteiger partial charge in [0.05, 0.1) is 12.1 Å². The molecule has 0 aliphatic carbocycles. The third-order valence-corrected chi connectivity index (χ3v) is 3.10. The molecule has 7 heteroatoms. The van der Waals surface area contributed by atoms with Crippen LogP contribution in [0.5, 0.6) is 0 Å². The van der Waals surface area contributed by atoms with E-state index < -0.39 is 5.97 Å². The van der Waals surface area contributed by atoms with Gasteiger partial charge in [-0.15, -0.1) is 0 Å². The summed E-state index contributed by atoms with van der Waals surface area (Å²) in [6.45, 7) is 4.43. The molecule has 7 nitrogen and oxygen atoms in total. The van der Waals surface area contributed by atoms with E-state index in [-0.39, 0.29) is 18.9 Å². The minimum atomic E-state index is -1.00. The standard InChI is InChI=1S/C13H22N4O3/c1-9-11(10(2)15-14-9)7-12(18)17(8-13(19)20)6-5-16(3)4/h5-8H2,1-4H3,(H,14,15)(H,19,20). The molecule has 2 N–H and O–H groups in total. The van der Waals surface area contributed by atoms with Crippen molar-refractivity contribution < 1.29 is 14.7 Å². The molecule has 1 amide bonds. The first-order valence-electron chi connectivity index (χ1n) is 6.46. The molecule has 0 saturated carbocycles. The number of carboxylic acid groups (broad SMARTS) is 1. The Morgan fingerprint density at radius 2 is 1.90 bits per heavy atom. The third-order valence-electron chi connectivity index (χ3n) is 3.10. The fraction of sp³-hybridized carbons (Fsp3) is 0.615. The second-order valence-electron chi connectivity index (χ2n) is 5.10. The van der Waals surface area contributed by atoms with E-state index in [1.165, 1.54) is 4.90 Å². The molecule has 20 heavy (non-hydrogen) atoms. The molecule has 1 heterocycles. The third kappa shape index (κ3) is 4.65. The van der Waals surface area contributed by atoms with Crippen molar-refractivity contribution >= 4 is 11.9 Å². The number of aryl methyl sites for hydroxylation is 2. The Labute approximate surface area is 118 Å². The van der Waals surface area contributed by atoms with Gasteiger partial charge in [-0.25, -0.2) is 0 Å². The molecule has 0 aliphatic heterocycles. The molecule has 0 aromatic carbocycles. The monoisotopic (exact) mass is 282 g/mol. The first kappa shape index (κ1) is 16.2. The zero-order valence-electron chi connectivity index (χ0n) is 12.4. The van der Waals surface area contributed by atoms with E-state index in [1.807, 2.05) is 32.8 Å². The van der Waals surface area contributed by atoms with E-state index in [1.54, 1.807) is 0 Å². The number of aromatic amines is 1. The normalized spacial score (nSPS) is 10.8. The van der Waals surface area contributed by atoms with Crippen molar-refractivity contribution in [2.45, 2.75) is 20.3 Å². The molecule has 0 radical (unpaired) electrons. The highest BCUT2D eigenvalue weighted by Crippen LogP contribution is 2.11. The number of aromatic nitrogens is 2. The Kier molecular flexibility index (Phi) is 5.69. The van der Waals surface area contributed by atoms with Gasteiger partial charge in [0.15, 0.2) is 0 Å². The number of nitrogens with one attached hydrogen (secondary N) is 1. The second-order valence-corrected chi connectivity index (χ2v) is 5.10. The van der Waals surface area contributed by atoms with Gasteiger partial charge in [-0.05, 0) is 27.9 Å². The smallest absolute Gasteiger partial charge is 0.323 e. The maximum Gasteiger partial charge on any atom is 0.323 e. The zero-order valence-corrected chi connectivity index (χ0v) is 12.4. The summed E-state index contributed by atoms with van der Waals surface area (Å²) in [4.78, 5) is 26.4. The molecular weight excluding hydrogens is 260 g/mol. The molecule has 0 aliphatic rings. The lowest BCUT2D eigenvalue weighted by Crippen LogP contribution is -2.40. The molecule has 0 bridgehead atoms. The molecule has 0 saturated heterocycles. The van der Waals surface area contributed by atoms with Gasteiger partial charge in [0, 0.05) is 24.3 Å². The van der Waals surface area contributed by atoms with Crippen LogP contribution in [0.15, 0.2) is 0 Å². The van der Waals surface area contributed by atoms with Gasteiger partial charge in [0.2, 0.25) is 5.91 Å². The zero-order chi connectivity index (χ0) is 15.3. The van der Waals surface area contributed by atoms with Gasteiger partial charge in [0.1, 0.15) is 6.54 Å². The summed E-state index contributed by atoms with van der Waals surface area (Å²) in [5, 5.41) is 15.8. The quantitative estimate of drug-likeness (QED) is 0.737. The number of H-pyrrole nitrogens is 1. The fourth-order valence-electron chi connectivity index (χ4n) is 1.87. The van der Waals surface area contributed by atoms with Crippen LogP contribution in [0.25, 0.3) is 0 Å². The molecule has 0 spiro atoms. The highest BCUT2D eigenvalue weighted by Gasteiger charge is 2.19. The Bertz CT molecular complexity index is 462.